The molecular weight excluding hydrogens is 298 g/mol. The van der Waals surface area contributed by atoms with E-state index in [0.29, 0.717) is 6.04 Å². The molecule has 1 aromatic carbocycles. The van der Waals surface area contributed by atoms with Gasteiger partial charge < -0.3 is 5.32 Å². The lowest BCUT2D eigenvalue weighted by atomic mass is 10.0. The molecule has 1 atom stereocenters. The number of nitrogens with zero attached hydrogens (tertiary/aromatic N) is 1. The Kier molecular flexibility index (Phi) is 3.43. The molecule has 17 heavy (non-hydrogen) atoms. The molecule has 0 amide bonds. The molecule has 0 aliphatic carbocycles. The Balaban J connectivity index is 2.34. The van der Waals surface area contributed by atoms with Crippen molar-refractivity contribution in [1.82, 2.24) is 15.8 Å². The molecular formula is C12H16BrN3S. The van der Waals surface area contributed by atoms with Gasteiger partial charge >= 0.3 is 0 Å². The molecule has 0 saturated carbocycles. The van der Waals surface area contributed by atoms with Crippen molar-refractivity contribution in [1.29, 1.82) is 0 Å². The Morgan fingerprint density at radius 2 is 2.00 bits per heavy atom. The lowest BCUT2D eigenvalue weighted by molar-refractivity contribution is 0.202. The maximum Gasteiger partial charge on any atom is 0.185 e. The highest BCUT2D eigenvalue weighted by Crippen LogP contribution is 2.29. The normalized spacial score (nSPS) is 24.3. The zero-order valence-electron chi connectivity index (χ0n) is 10.1. The van der Waals surface area contributed by atoms with Gasteiger partial charge in [0, 0.05) is 16.1 Å². The van der Waals surface area contributed by atoms with Crippen LogP contribution in [0, 0.1) is 0 Å². The largest absolute Gasteiger partial charge is 0.338 e. The van der Waals surface area contributed by atoms with Crippen LogP contribution < -0.4 is 10.7 Å². The van der Waals surface area contributed by atoms with E-state index < -0.39 is 0 Å². The molecule has 1 aliphatic heterocycles. The van der Waals surface area contributed by atoms with Crippen molar-refractivity contribution in [2.45, 2.75) is 32.5 Å². The summed E-state index contributed by atoms with van der Waals surface area (Å²) in [5, 5.41) is 6.05. The third-order valence-electron chi connectivity index (χ3n) is 2.85. The van der Waals surface area contributed by atoms with E-state index >= 15 is 0 Å². The van der Waals surface area contributed by atoms with Crippen molar-refractivity contribution in [3.8, 4) is 0 Å². The molecule has 1 fully saturated rings. The highest BCUT2D eigenvalue weighted by atomic mass is 79.9. The molecule has 5 heteroatoms. The molecule has 0 aromatic heterocycles. The molecule has 3 nitrogen and oxygen atoms in total. The standard InChI is InChI=1S/C12H16BrN3S/c1-8(2)16-11(17)14-12(3,15-16)9-6-4-5-7-10(9)13/h4-8,15H,1-3H3,(H,14,17)/t12-/m0/s1. The second-order valence-corrected chi connectivity index (χ2v) is 5.85. The molecule has 1 heterocycles. The summed E-state index contributed by atoms with van der Waals surface area (Å²) < 4.78 is 1.07. The highest BCUT2D eigenvalue weighted by molar-refractivity contribution is 9.10. The summed E-state index contributed by atoms with van der Waals surface area (Å²) in [5.74, 6) is 0. The highest BCUT2D eigenvalue weighted by Gasteiger charge is 2.39. The summed E-state index contributed by atoms with van der Waals surface area (Å²) in [6, 6.07) is 8.46. The number of nitrogens with one attached hydrogen (secondary N) is 2. The van der Waals surface area contributed by atoms with Gasteiger partial charge in [-0.05, 0) is 39.1 Å². The number of benzene rings is 1. The second kappa shape index (κ2) is 4.55. The number of rotatable bonds is 2. The van der Waals surface area contributed by atoms with Crippen LogP contribution in [-0.4, -0.2) is 16.2 Å². The molecule has 0 radical (unpaired) electrons. The molecule has 1 aliphatic rings. The Bertz CT molecular complexity index is 449. The van der Waals surface area contributed by atoms with E-state index in [9.17, 15) is 0 Å². The molecule has 1 saturated heterocycles. The summed E-state index contributed by atoms with van der Waals surface area (Å²) in [6.45, 7) is 6.29. The van der Waals surface area contributed by atoms with Crippen LogP contribution in [0.4, 0.5) is 0 Å². The van der Waals surface area contributed by atoms with E-state index in [1.165, 1.54) is 0 Å². The molecule has 2 rings (SSSR count). The number of hydrogen-bond acceptors (Lipinski definition) is 2. The van der Waals surface area contributed by atoms with E-state index in [2.05, 4.69) is 53.5 Å². The first-order valence-corrected chi connectivity index (χ1v) is 6.78. The van der Waals surface area contributed by atoms with Gasteiger partial charge in [0.2, 0.25) is 0 Å². The SMILES string of the molecule is CC(C)N1N[C@@](C)(c2ccccc2Br)NC1=S. The summed E-state index contributed by atoms with van der Waals surface area (Å²) >= 11 is 8.92. The fourth-order valence-corrected chi connectivity index (χ4v) is 3.09. The molecule has 92 valence electrons. The van der Waals surface area contributed by atoms with Crippen LogP contribution >= 0.6 is 28.1 Å². The zero-order chi connectivity index (χ0) is 12.6. The fraction of sp³-hybridized carbons (Fsp3) is 0.417. The first kappa shape index (κ1) is 12.8. The van der Waals surface area contributed by atoms with Gasteiger partial charge in [0.05, 0.1) is 0 Å². The third kappa shape index (κ3) is 2.32. The lowest BCUT2D eigenvalue weighted by Gasteiger charge is -2.28. The van der Waals surface area contributed by atoms with E-state index in [1.807, 2.05) is 23.2 Å². The molecule has 0 spiro atoms. The van der Waals surface area contributed by atoms with Crippen molar-refractivity contribution < 1.29 is 0 Å². The third-order valence-corrected chi connectivity index (χ3v) is 3.84. The quantitative estimate of drug-likeness (QED) is 0.821. The first-order chi connectivity index (χ1) is 7.94. The Morgan fingerprint density at radius 3 is 2.53 bits per heavy atom. The average Bonchev–Trinajstić information content (AvgIpc) is 2.56. The minimum absolute atomic E-state index is 0.319. The maximum absolute atomic E-state index is 5.35. The van der Waals surface area contributed by atoms with Crippen LogP contribution in [0.2, 0.25) is 0 Å². The number of hydrazine groups is 1. The predicted octanol–water partition coefficient (Wildman–Crippen LogP) is 2.72. The monoisotopic (exact) mass is 313 g/mol. The van der Waals surface area contributed by atoms with Crippen LogP contribution in [-0.2, 0) is 5.66 Å². The van der Waals surface area contributed by atoms with Crippen LogP contribution in [0.15, 0.2) is 28.7 Å². The lowest BCUT2D eigenvalue weighted by Crippen LogP contribution is -2.47. The fourth-order valence-electron chi connectivity index (χ4n) is 1.95. The molecule has 2 N–H and O–H groups in total. The van der Waals surface area contributed by atoms with Gasteiger partial charge in [0.15, 0.2) is 5.11 Å². The van der Waals surface area contributed by atoms with Crippen LogP contribution in [0.1, 0.15) is 26.3 Å². The Labute approximate surface area is 116 Å². The topological polar surface area (TPSA) is 27.3 Å². The molecule has 0 unspecified atom stereocenters. The number of hydrogen-bond donors (Lipinski definition) is 2. The van der Waals surface area contributed by atoms with E-state index in [0.717, 1.165) is 15.1 Å². The predicted molar refractivity (Wildman–Crippen MR) is 77.3 cm³/mol. The van der Waals surface area contributed by atoms with Gasteiger partial charge in [-0.3, -0.25) is 5.01 Å². The van der Waals surface area contributed by atoms with Crippen LogP contribution in [0.25, 0.3) is 0 Å². The minimum Gasteiger partial charge on any atom is -0.338 e. The van der Waals surface area contributed by atoms with E-state index in [1.54, 1.807) is 0 Å². The number of halogens is 1. The first-order valence-electron chi connectivity index (χ1n) is 5.58. The van der Waals surface area contributed by atoms with Gasteiger partial charge in [-0.25, -0.2) is 5.43 Å². The summed E-state index contributed by atoms with van der Waals surface area (Å²) in [4.78, 5) is 0. The van der Waals surface area contributed by atoms with Gasteiger partial charge in [-0.1, -0.05) is 34.1 Å². The minimum atomic E-state index is -0.360. The summed E-state index contributed by atoms with van der Waals surface area (Å²) in [5.41, 5.74) is 4.21. The molecule has 0 bridgehead atoms. The van der Waals surface area contributed by atoms with Crippen molar-refractivity contribution in [3.63, 3.8) is 0 Å². The van der Waals surface area contributed by atoms with Crippen LogP contribution in [0.3, 0.4) is 0 Å². The second-order valence-electron chi connectivity index (χ2n) is 4.61. The Morgan fingerprint density at radius 1 is 1.35 bits per heavy atom. The maximum atomic E-state index is 5.35. The van der Waals surface area contributed by atoms with Gasteiger partial charge in [0.25, 0.3) is 0 Å². The molecule has 1 aromatic rings. The van der Waals surface area contributed by atoms with Crippen molar-refractivity contribution in [3.05, 3.63) is 34.3 Å². The summed E-state index contributed by atoms with van der Waals surface area (Å²) in [6.07, 6.45) is 0. The van der Waals surface area contributed by atoms with Crippen molar-refractivity contribution in [2.75, 3.05) is 0 Å². The van der Waals surface area contributed by atoms with Gasteiger partial charge in [0.1, 0.15) is 5.66 Å². The number of thiocarbonyl (C=S) groups is 1. The van der Waals surface area contributed by atoms with Crippen molar-refractivity contribution in [2.24, 2.45) is 0 Å². The van der Waals surface area contributed by atoms with Crippen molar-refractivity contribution >= 4 is 33.3 Å². The van der Waals surface area contributed by atoms with Gasteiger partial charge in [-0.15, -0.1) is 0 Å². The van der Waals surface area contributed by atoms with E-state index in [-0.39, 0.29) is 5.66 Å². The zero-order valence-corrected chi connectivity index (χ0v) is 12.5. The Hall–Kier alpha value is -0.650. The van der Waals surface area contributed by atoms with E-state index in [4.69, 9.17) is 12.2 Å². The smallest absolute Gasteiger partial charge is 0.185 e. The van der Waals surface area contributed by atoms with Crippen LogP contribution in [0.5, 0.6) is 0 Å². The average molecular weight is 314 g/mol. The van der Waals surface area contributed by atoms with Gasteiger partial charge in [-0.2, -0.15) is 0 Å². The summed E-state index contributed by atoms with van der Waals surface area (Å²) in [7, 11) is 0.